The Morgan fingerprint density at radius 3 is 2.44 bits per heavy atom. The van der Waals surface area contributed by atoms with Crippen molar-refractivity contribution >= 4 is 11.6 Å². The molecule has 10 heteroatoms. The molecule has 0 aliphatic heterocycles. The van der Waals surface area contributed by atoms with E-state index >= 15 is 4.39 Å². The molecular formula is C22H26F4N4O2. The van der Waals surface area contributed by atoms with Crippen molar-refractivity contribution in [3.63, 3.8) is 0 Å². The number of nitrogens with zero attached hydrogens (tertiary/aromatic N) is 3. The molecule has 4 rings (SSSR count). The van der Waals surface area contributed by atoms with Gasteiger partial charge >= 0.3 is 6.18 Å². The minimum Gasteiger partial charge on any atom is -0.390 e. The van der Waals surface area contributed by atoms with Gasteiger partial charge in [-0.3, -0.25) is 0 Å². The molecule has 0 amide bonds. The number of nitrogens with one attached hydrogen (secondary N) is 1. The third-order valence-electron chi connectivity index (χ3n) is 6.18. The fraction of sp³-hybridized carbons (Fsp3) is 0.545. The van der Waals surface area contributed by atoms with Gasteiger partial charge in [0.1, 0.15) is 11.9 Å². The van der Waals surface area contributed by atoms with E-state index in [1.165, 1.54) is 18.5 Å². The van der Waals surface area contributed by atoms with Crippen LogP contribution in [0.4, 0.5) is 29.2 Å². The summed E-state index contributed by atoms with van der Waals surface area (Å²) in [5.74, 6) is -0.722. The standard InChI is InChI=1S/C22H26F4N4O2/c23-18-19(27-12-21(32)10-2-1-3-17(21)31)28-13-29-20(18)30(16-8-9-16)11-14-4-6-15(7-5-14)22(24,25)26/h4-7,13,16-17,31-32H,1-3,8-12H2,(H,27,28,29)/t17-,21-/m0/s1. The zero-order chi connectivity index (χ0) is 22.9. The van der Waals surface area contributed by atoms with Crippen LogP contribution >= 0.6 is 0 Å². The Morgan fingerprint density at radius 1 is 1.09 bits per heavy atom. The first kappa shape index (κ1) is 22.7. The van der Waals surface area contributed by atoms with E-state index in [1.807, 2.05) is 0 Å². The van der Waals surface area contributed by atoms with Gasteiger partial charge in [0, 0.05) is 19.1 Å². The molecule has 0 saturated heterocycles. The van der Waals surface area contributed by atoms with Crippen molar-refractivity contribution in [1.82, 2.24) is 9.97 Å². The largest absolute Gasteiger partial charge is 0.416 e. The number of rotatable bonds is 7. The van der Waals surface area contributed by atoms with Crippen molar-refractivity contribution in [3.8, 4) is 0 Å². The molecule has 1 heterocycles. The highest BCUT2D eigenvalue weighted by atomic mass is 19.4. The van der Waals surface area contributed by atoms with Gasteiger partial charge in [-0.25, -0.2) is 9.97 Å². The van der Waals surface area contributed by atoms with Crippen LogP contribution in [0, 0.1) is 5.82 Å². The van der Waals surface area contributed by atoms with Crippen LogP contribution in [0.2, 0.25) is 0 Å². The van der Waals surface area contributed by atoms with Crippen LogP contribution in [0.5, 0.6) is 0 Å². The van der Waals surface area contributed by atoms with Gasteiger partial charge < -0.3 is 20.4 Å². The summed E-state index contributed by atoms with van der Waals surface area (Å²) in [6, 6.07) is 4.84. The van der Waals surface area contributed by atoms with E-state index in [-0.39, 0.29) is 30.8 Å². The van der Waals surface area contributed by atoms with E-state index in [2.05, 4.69) is 15.3 Å². The number of halogens is 4. The van der Waals surface area contributed by atoms with E-state index in [0.717, 1.165) is 37.8 Å². The molecule has 2 aliphatic rings. The molecule has 0 radical (unpaired) electrons. The SMILES string of the molecule is O[C@H]1CCCC[C@]1(O)CNc1ncnc(N(Cc2ccc(C(F)(F)F)cc2)C2CC2)c1F. The molecule has 1 aromatic carbocycles. The number of hydrogen-bond donors (Lipinski definition) is 3. The first-order valence-electron chi connectivity index (χ1n) is 10.7. The second kappa shape index (κ2) is 8.82. The van der Waals surface area contributed by atoms with E-state index in [4.69, 9.17) is 0 Å². The van der Waals surface area contributed by atoms with Gasteiger partial charge in [0.25, 0.3) is 0 Å². The van der Waals surface area contributed by atoms with E-state index in [9.17, 15) is 23.4 Å². The first-order valence-corrected chi connectivity index (χ1v) is 10.7. The highest BCUT2D eigenvalue weighted by Gasteiger charge is 2.38. The lowest BCUT2D eigenvalue weighted by Gasteiger charge is -2.37. The monoisotopic (exact) mass is 454 g/mol. The summed E-state index contributed by atoms with van der Waals surface area (Å²) in [7, 11) is 0. The summed E-state index contributed by atoms with van der Waals surface area (Å²) < 4.78 is 53.8. The maximum absolute atomic E-state index is 15.3. The molecule has 2 saturated carbocycles. The normalized spacial score (nSPS) is 23.8. The highest BCUT2D eigenvalue weighted by Crippen LogP contribution is 2.36. The van der Waals surface area contributed by atoms with Crippen LogP contribution in [-0.2, 0) is 12.7 Å². The molecule has 0 spiro atoms. The molecule has 3 N–H and O–H groups in total. The Balaban J connectivity index is 1.51. The number of hydrogen-bond acceptors (Lipinski definition) is 6. The predicted molar refractivity (Wildman–Crippen MR) is 111 cm³/mol. The predicted octanol–water partition coefficient (Wildman–Crippen LogP) is 3.88. The fourth-order valence-corrected chi connectivity index (χ4v) is 4.09. The van der Waals surface area contributed by atoms with Gasteiger partial charge in [-0.15, -0.1) is 0 Å². The third-order valence-corrected chi connectivity index (χ3v) is 6.18. The zero-order valence-corrected chi connectivity index (χ0v) is 17.4. The molecule has 2 aromatic rings. The van der Waals surface area contributed by atoms with Crippen molar-refractivity contribution in [2.45, 2.75) is 69.0 Å². The highest BCUT2D eigenvalue weighted by molar-refractivity contribution is 5.53. The molecule has 174 valence electrons. The van der Waals surface area contributed by atoms with Crippen LogP contribution in [0.25, 0.3) is 0 Å². The van der Waals surface area contributed by atoms with Gasteiger partial charge in [-0.1, -0.05) is 25.0 Å². The lowest BCUT2D eigenvalue weighted by Crippen LogP contribution is -2.50. The Kier molecular flexibility index (Phi) is 6.26. The Hall–Kier alpha value is -2.46. The summed E-state index contributed by atoms with van der Waals surface area (Å²) in [6.07, 6.45) is 0.0636. The van der Waals surface area contributed by atoms with Crippen LogP contribution in [0.1, 0.15) is 49.7 Å². The van der Waals surface area contributed by atoms with Crippen LogP contribution in [0.3, 0.4) is 0 Å². The van der Waals surface area contributed by atoms with E-state index < -0.39 is 29.3 Å². The van der Waals surface area contributed by atoms with Crippen LogP contribution in [-0.4, -0.2) is 44.5 Å². The van der Waals surface area contributed by atoms with Gasteiger partial charge in [-0.2, -0.15) is 17.6 Å². The molecular weight excluding hydrogens is 428 g/mol. The second-order valence-electron chi connectivity index (χ2n) is 8.63. The number of anilines is 2. The molecule has 0 bridgehead atoms. The van der Waals surface area contributed by atoms with Crippen molar-refractivity contribution in [3.05, 3.63) is 47.5 Å². The zero-order valence-electron chi connectivity index (χ0n) is 17.4. The first-order chi connectivity index (χ1) is 15.2. The smallest absolute Gasteiger partial charge is 0.390 e. The maximum atomic E-state index is 15.3. The molecule has 2 fully saturated rings. The minimum absolute atomic E-state index is 0.0406. The molecule has 2 aliphatic carbocycles. The third kappa shape index (κ3) is 4.96. The summed E-state index contributed by atoms with van der Waals surface area (Å²) in [6.45, 7) is 0.155. The maximum Gasteiger partial charge on any atom is 0.416 e. The van der Waals surface area contributed by atoms with Crippen LogP contribution in [0.15, 0.2) is 30.6 Å². The average molecular weight is 454 g/mol. The second-order valence-corrected chi connectivity index (χ2v) is 8.63. The van der Waals surface area contributed by atoms with Gasteiger partial charge in [0.05, 0.1) is 11.7 Å². The Morgan fingerprint density at radius 2 is 1.81 bits per heavy atom. The summed E-state index contributed by atoms with van der Waals surface area (Å²) in [5.41, 5.74) is -1.48. The van der Waals surface area contributed by atoms with Crippen molar-refractivity contribution < 1.29 is 27.8 Å². The number of alkyl halides is 3. The van der Waals surface area contributed by atoms with Gasteiger partial charge in [0.15, 0.2) is 11.6 Å². The molecule has 32 heavy (non-hydrogen) atoms. The number of benzene rings is 1. The lowest BCUT2D eigenvalue weighted by molar-refractivity contribution is -0.137. The fourth-order valence-electron chi connectivity index (χ4n) is 4.09. The van der Waals surface area contributed by atoms with E-state index in [1.54, 1.807) is 4.90 Å². The van der Waals surface area contributed by atoms with Crippen molar-refractivity contribution in [2.24, 2.45) is 0 Å². The van der Waals surface area contributed by atoms with Crippen molar-refractivity contribution in [1.29, 1.82) is 0 Å². The minimum atomic E-state index is -4.41. The number of aromatic nitrogens is 2. The van der Waals surface area contributed by atoms with Gasteiger partial charge in [-0.05, 0) is 43.4 Å². The quantitative estimate of drug-likeness (QED) is 0.551. The molecule has 6 nitrogen and oxygen atoms in total. The Bertz CT molecular complexity index is 937. The van der Waals surface area contributed by atoms with Crippen molar-refractivity contribution in [2.75, 3.05) is 16.8 Å². The summed E-state index contributed by atoms with van der Waals surface area (Å²) in [4.78, 5) is 9.77. The van der Waals surface area contributed by atoms with Gasteiger partial charge in [0.2, 0.25) is 5.82 Å². The number of aliphatic hydroxyl groups is 2. The number of aliphatic hydroxyl groups excluding tert-OH is 1. The summed E-state index contributed by atoms with van der Waals surface area (Å²) >= 11 is 0. The average Bonchev–Trinajstić information content (AvgIpc) is 3.59. The molecule has 0 unspecified atom stereocenters. The molecule has 1 aromatic heterocycles. The summed E-state index contributed by atoms with van der Waals surface area (Å²) in [5, 5.41) is 23.6. The van der Waals surface area contributed by atoms with E-state index in [0.29, 0.717) is 18.4 Å². The van der Waals surface area contributed by atoms with Crippen LogP contribution < -0.4 is 10.2 Å². The molecule has 2 atom stereocenters. The lowest BCUT2D eigenvalue weighted by atomic mass is 9.82. The Labute approximate surface area is 183 Å². The topological polar surface area (TPSA) is 81.5 Å².